The van der Waals surface area contributed by atoms with Gasteiger partial charge in [-0.3, -0.25) is 9.78 Å². The number of nitrogens with one attached hydrogen (secondary N) is 2. The summed E-state index contributed by atoms with van der Waals surface area (Å²) in [5, 5.41) is 1.80. The number of benzene rings is 2. The molecule has 4 rings (SSSR count). The summed E-state index contributed by atoms with van der Waals surface area (Å²) in [6.07, 6.45) is 1.45. The van der Waals surface area contributed by atoms with Crippen LogP contribution in [0.3, 0.4) is 0 Å². The number of carbonyl (C=O) groups excluding carboxylic acids is 1. The van der Waals surface area contributed by atoms with Crippen LogP contribution < -0.4 is 15.8 Å². The quantitative estimate of drug-likeness (QED) is 0.342. The molecular formula is C21H18ClFN5O2P. The van der Waals surface area contributed by atoms with E-state index in [4.69, 9.17) is 22.1 Å². The highest BCUT2D eigenvalue weighted by molar-refractivity contribution is 7.18. The molecule has 4 aromatic rings. The van der Waals surface area contributed by atoms with Gasteiger partial charge in [-0.2, -0.15) is 0 Å². The van der Waals surface area contributed by atoms with Gasteiger partial charge in [0.25, 0.3) is 5.91 Å². The first-order valence-corrected chi connectivity index (χ1v) is 10.1. The number of aromatic nitrogens is 3. The van der Waals surface area contributed by atoms with Gasteiger partial charge in [0.15, 0.2) is 0 Å². The van der Waals surface area contributed by atoms with Crippen molar-refractivity contribution < 1.29 is 13.9 Å². The van der Waals surface area contributed by atoms with E-state index in [-0.39, 0.29) is 5.69 Å². The Labute approximate surface area is 184 Å². The van der Waals surface area contributed by atoms with Crippen molar-refractivity contribution >= 4 is 49.4 Å². The van der Waals surface area contributed by atoms with Gasteiger partial charge in [0.2, 0.25) is 5.95 Å². The van der Waals surface area contributed by atoms with Crippen molar-refractivity contribution in [1.82, 2.24) is 15.0 Å². The number of fused-ring (bicyclic) bond motifs is 1. The molecule has 0 saturated carbocycles. The number of halogens is 2. The number of hydrogen-bond donors (Lipinski definition) is 3. The third-order valence-corrected chi connectivity index (χ3v) is 5.07. The third-order valence-electron chi connectivity index (χ3n) is 4.43. The Hall–Kier alpha value is -3.22. The lowest BCUT2D eigenvalue weighted by Gasteiger charge is -2.17. The molecule has 0 fully saturated rings. The fourth-order valence-corrected chi connectivity index (χ4v) is 3.60. The summed E-state index contributed by atoms with van der Waals surface area (Å²) in [6, 6.07) is 13.4. The number of rotatable bonds is 6. The molecule has 0 aliphatic carbocycles. The van der Waals surface area contributed by atoms with Gasteiger partial charge >= 0.3 is 0 Å². The highest BCUT2D eigenvalue weighted by Crippen LogP contribution is 2.38. The summed E-state index contributed by atoms with van der Waals surface area (Å²) < 4.78 is 20.1. The molecule has 2 aromatic heterocycles. The Morgan fingerprint density at radius 3 is 2.74 bits per heavy atom. The predicted octanol–water partition coefficient (Wildman–Crippen LogP) is 5.26. The van der Waals surface area contributed by atoms with E-state index < -0.39 is 11.3 Å². The summed E-state index contributed by atoms with van der Waals surface area (Å²) in [5.74, 6) is 0.811. The maximum absolute atomic E-state index is 14.3. The minimum absolute atomic E-state index is 0.115. The fourth-order valence-electron chi connectivity index (χ4n) is 2.97. The number of ether oxygens (including phenoxy) is 1. The van der Waals surface area contributed by atoms with Crippen molar-refractivity contribution in [3.8, 4) is 11.5 Å². The van der Waals surface area contributed by atoms with Gasteiger partial charge in [-0.05, 0) is 43.3 Å². The zero-order valence-corrected chi connectivity index (χ0v) is 18.2. The molecule has 10 heteroatoms. The van der Waals surface area contributed by atoms with Crippen LogP contribution in [0.4, 0.5) is 16.0 Å². The number of alkyl halides is 1. The van der Waals surface area contributed by atoms with Gasteiger partial charge in [-0.1, -0.05) is 20.8 Å². The van der Waals surface area contributed by atoms with Crippen LogP contribution in [-0.2, 0) is 5.41 Å². The molecule has 2 unspecified atom stereocenters. The van der Waals surface area contributed by atoms with E-state index in [0.717, 1.165) is 5.52 Å². The summed E-state index contributed by atoms with van der Waals surface area (Å²) >= 11 is 6.11. The second-order valence-corrected chi connectivity index (χ2v) is 8.49. The molecule has 2 atom stereocenters. The maximum atomic E-state index is 14.3. The number of nitrogens with two attached hydrogens (primary N) is 1. The number of pyridine rings is 1. The van der Waals surface area contributed by atoms with E-state index in [1.165, 1.54) is 19.2 Å². The lowest BCUT2D eigenvalue weighted by Crippen LogP contribution is -2.12. The number of H-pyrrole nitrogens is 1. The van der Waals surface area contributed by atoms with Gasteiger partial charge in [0.1, 0.15) is 22.6 Å². The molecule has 2 aromatic carbocycles. The van der Waals surface area contributed by atoms with Crippen LogP contribution in [-0.4, -0.2) is 20.9 Å². The van der Waals surface area contributed by atoms with Gasteiger partial charge in [-0.25, -0.2) is 9.37 Å². The van der Waals surface area contributed by atoms with Crippen molar-refractivity contribution in [2.45, 2.75) is 12.3 Å². The van der Waals surface area contributed by atoms with E-state index in [1.807, 2.05) is 0 Å². The average Bonchev–Trinajstić information content (AvgIpc) is 3.10. The lowest BCUT2D eigenvalue weighted by atomic mass is 10.1. The van der Waals surface area contributed by atoms with Crippen LogP contribution in [0.15, 0.2) is 54.7 Å². The van der Waals surface area contributed by atoms with E-state index in [1.54, 1.807) is 42.5 Å². The van der Waals surface area contributed by atoms with Crippen LogP contribution in [0.25, 0.3) is 11.0 Å². The summed E-state index contributed by atoms with van der Waals surface area (Å²) in [6.45, 7) is 1.42. The molecule has 0 radical (unpaired) electrons. The number of imidazole rings is 1. The molecule has 158 valence electrons. The fraction of sp³-hybridized carbons (Fsp3) is 0.0952. The third kappa shape index (κ3) is 4.76. The molecule has 0 bridgehead atoms. The number of carbonyl (C=O) groups is 1. The first-order chi connectivity index (χ1) is 14.7. The number of primary amides is 1. The minimum atomic E-state index is -1.66. The van der Waals surface area contributed by atoms with Gasteiger partial charge in [0, 0.05) is 34.6 Å². The second kappa shape index (κ2) is 8.13. The monoisotopic (exact) mass is 457 g/mol. The topological polar surface area (TPSA) is 106 Å². The van der Waals surface area contributed by atoms with Crippen molar-refractivity contribution in [2.75, 3.05) is 5.32 Å². The van der Waals surface area contributed by atoms with Crippen LogP contribution in [0.5, 0.6) is 11.5 Å². The van der Waals surface area contributed by atoms with E-state index in [2.05, 4.69) is 29.5 Å². The van der Waals surface area contributed by atoms with Crippen molar-refractivity contribution in [3.05, 3.63) is 71.0 Å². The molecule has 7 nitrogen and oxygen atoms in total. The normalized spacial score (nSPS) is 13.0. The molecule has 1 amide bonds. The molecule has 0 saturated heterocycles. The Morgan fingerprint density at radius 2 is 2.00 bits per heavy atom. The minimum Gasteiger partial charge on any atom is -0.457 e. The predicted molar refractivity (Wildman–Crippen MR) is 122 cm³/mol. The SMILES string of the molecule is CC(F)(P)c1cc(Nc2nc3ccc(Oc4ccnc(C(N)=O)c4)cc3[nH]2)ccc1Cl. The van der Waals surface area contributed by atoms with Crippen LogP contribution >= 0.6 is 20.8 Å². The van der Waals surface area contributed by atoms with Crippen molar-refractivity contribution in [1.29, 1.82) is 0 Å². The van der Waals surface area contributed by atoms with E-state index in [9.17, 15) is 9.18 Å². The highest BCUT2D eigenvalue weighted by Gasteiger charge is 2.22. The van der Waals surface area contributed by atoms with Crippen LogP contribution in [0.2, 0.25) is 5.02 Å². The number of anilines is 2. The Bertz CT molecular complexity index is 1290. The molecular weight excluding hydrogens is 440 g/mol. The first kappa shape index (κ1) is 21.0. The van der Waals surface area contributed by atoms with Gasteiger partial charge < -0.3 is 20.8 Å². The molecule has 31 heavy (non-hydrogen) atoms. The largest absolute Gasteiger partial charge is 0.457 e. The van der Waals surface area contributed by atoms with Gasteiger partial charge in [0.05, 0.1) is 11.0 Å². The van der Waals surface area contributed by atoms with E-state index >= 15 is 0 Å². The molecule has 0 aliphatic rings. The standard InChI is InChI=1S/C21H18ClFN5O2P/c1-21(23,31)14-8-11(2-4-15(14)22)26-20-27-16-5-3-12(9-17(16)28-20)30-13-6-7-25-18(10-13)19(24)29/h2-10H,31H2,1H3,(H2,24,29)(H2,26,27,28). The zero-order chi connectivity index (χ0) is 22.2. The number of hydrogen-bond acceptors (Lipinski definition) is 5. The van der Waals surface area contributed by atoms with Gasteiger partial charge in [-0.15, -0.1) is 0 Å². The van der Waals surface area contributed by atoms with Crippen molar-refractivity contribution in [3.63, 3.8) is 0 Å². The summed E-state index contributed by atoms with van der Waals surface area (Å²) in [5.41, 5.74) is 7.78. The Kier molecular flexibility index (Phi) is 5.52. The molecule has 0 aliphatic heterocycles. The summed E-state index contributed by atoms with van der Waals surface area (Å²) in [7, 11) is 2.14. The van der Waals surface area contributed by atoms with Crippen LogP contribution in [0.1, 0.15) is 23.0 Å². The highest BCUT2D eigenvalue weighted by atomic mass is 35.5. The Morgan fingerprint density at radius 1 is 1.23 bits per heavy atom. The molecule has 4 N–H and O–H groups in total. The second-order valence-electron chi connectivity index (χ2n) is 7.00. The Balaban J connectivity index is 1.57. The molecule has 0 spiro atoms. The molecule has 2 heterocycles. The maximum Gasteiger partial charge on any atom is 0.267 e. The zero-order valence-electron chi connectivity index (χ0n) is 16.3. The number of nitrogens with zero attached hydrogens (tertiary/aromatic N) is 2. The number of aromatic amines is 1. The first-order valence-electron chi connectivity index (χ1n) is 9.17. The average molecular weight is 458 g/mol. The summed E-state index contributed by atoms with van der Waals surface area (Å²) in [4.78, 5) is 22.8. The van der Waals surface area contributed by atoms with Crippen LogP contribution in [0, 0.1) is 0 Å². The smallest absolute Gasteiger partial charge is 0.267 e. The van der Waals surface area contributed by atoms with Crippen molar-refractivity contribution in [2.24, 2.45) is 5.73 Å². The lowest BCUT2D eigenvalue weighted by molar-refractivity contribution is 0.0995. The van der Waals surface area contributed by atoms with E-state index in [0.29, 0.717) is 39.2 Å². The number of amides is 1.